The second kappa shape index (κ2) is 9.65. The lowest BCUT2D eigenvalue weighted by Gasteiger charge is -2.18. The number of ether oxygens (including phenoxy) is 1. The molecule has 2 atom stereocenters. The number of carbonyl (C=O) groups excluding carboxylic acids is 2. The van der Waals surface area contributed by atoms with Crippen molar-refractivity contribution in [1.29, 1.82) is 0 Å². The third-order valence-electron chi connectivity index (χ3n) is 3.72. The zero-order valence-corrected chi connectivity index (χ0v) is 14.5. The topological polar surface area (TPSA) is 109 Å². The van der Waals surface area contributed by atoms with Crippen molar-refractivity contribution in [3.63, 3.8) is 0 Å². The molecule has 7 heteroatoms. The number of hydrogen-bond acceptors (Lipinski definition) is 6. The van der Waals surface area contributed by atoms with Gasteiger partial charge < -0.3 is 20.3 Å². The fourth-order valence-electron chi connectivity index (χ4n) is 2.26. The van der Waals surface area contributed by atoms with Crippen molar-refractivity contribution in [3.8, 4) is 0 Å². The monoisotopic (exact) mass is 358 g/mol. The molecule has 0 radical (unpaired) electrons. The largest absolute Gasteiger partial charge is 0.445 e. The maximum absolute atomic E-state index is 11.6. The molecule has 0 aliphatic rings. The lowest BCUT2D eigenvalue weighted by molar-refractivity contribution is 0.0110. The number of nitrogens with zero attached hydrogens (tertiary/aromatic N) is 1. The Labute approximate surface area is 151 Å². The molecule has 7 nitrogen and oxygen atoms in total. The number of carbonyl (C=O) groups is 2. The minimum atomic E-state index is -1.25. The van der Waals surface area contributed by atoms with Crippen LogP contribution in [0.3, 0.4) is 0 Å². The van der Waals surface area contributed by atoms with Gasteiger partial charge in [0.2, 0.25) is 0 Å². The van der Waals surface area contributed by atoms with Crippen molar-refractivity contribution in [3.05, 3.63) is 65.5 Å². The van der Waals surface area contributed by atoms with E-state index in [0.717, 1.165) is 5.56 Å². The maximum Gasteiger partial charge on any atom is 0.407 e. The van der Waals surface area contributed by atoms with Gasteiger partial charge in [0, 0.05) is 13.5 Å². The van der Waals surface area contributed by atoms with E-state index in [1.54, 1.807) is 6.07 Å². The van der Waals surface area contributed by atoms with Crippen molar-refractivity contribution < 1.29 is 24.5 Å². The number of Topliss-reactive ketones (excluding diaryl/α,β-unsaturated/α-hetero) is 1. The van der Waals surface area contributed by atoms with Crippen LogP contribution in [0.2, 0.25) is 0 Å². The van der Waals surface area contributed by atoms with Crippen LogP contribution in [0.4, 0.5) is 4.79 Å². The molecular formula is C19H22N2O5. The van der Waals surface area contributed by atoms with E-state index in [4.69, 9.17) is 4.74 Å². The zero-order valence-electron chi connectivity index (χ0n) is 14.5. The average Bonchev–Trinajstić information content (AvgIpc) is 2.66. The Morgan fingerprint density at radius 2 is 1.85 bits per heavy atom. The summed E-state index contributed by atoms with van der Waals surface area (Å²) >= 11 is 0. The summed E-state index contributed by atoms with van der Waals surface area (Å²) in [7, 11) is 0. The number of rotatable bonds is 8. The van der Waals surface area contributed by atoms with Gasteiger partial charge in [-0.05, 0) is 24.1 Å². The van der Waals surface area contributed by atoms with E-state index in [9.17, 15) is 19.8 Å². The lowest BCUT2D eigenvalue weighted by atomic mass is 10.1. The number of aromatic nitrogens is 1. The number of hydrogen-bond donors (Lipinski definition) is 3. The standard InChI is InChI=1S/C19H22N2O5/c1-13(22)15-8-5-9-16(21-15)18(24)17(23)10-11-20-19(25)26-12-14-6-3-2-4-7-14/h2-9,17-18,23-24H,10-12H2,1H3,(H,20,25). The first-order valence-corrected chi connectivity index (χ1v) is 8.26. The molecule has 26 heavy (non-hydrogen) atoms. The van der Waals surface area contributed by atoms with E-state index in [-0.39, 0.29) is 36.7 Å². The van der Waals surface area contributed by atoms with Gasteiger partial charge in [0.1, 0.15) is 18.4 Å². The summed E-state index contributed by atoms with van der Waals surface area (Å²) in [5, 5.41) is 22.7. The molecular weight excluding hydrogens is 336 g/mol. The summed E-state index contributed by atoms with van der Waals surface area (Å²) in [4.78, 5) is 27.0. The maximum atomic E-state index is 11.6. The predicted octanol–water partition coefficient (Wildman–Crippen LogP) is 1.99. The minimum absolute atomic E-state index is 0.105. The Morgan fingerprint density at radius 3 is 2.54 bits per heavy atom. The molecule has 2 aromatic rings. The van der Waals surface area contributed by atoms with Crippen LogP contribution in [0.5, 0.6) is 0 Å². The number of pyridine rings is 1. The first-order valence-electron chi connectivity index (χ1n) is 8.26. The highest BCUT2D eigenvalue weighted by molar-refractivity contribution is 5.92. The van der Waals surface area contributed by atoms with Crippen molar-refractivity contribution in [1.82, 2.24) is 10.3 Å². The number of aliphatic hydroxyl groups excluding tert-OH is 2. The second-order valence-corrected chi connectivity index (χ2v) is 5.79. The second-order valence-electron chi connectivity index (χ2n) is 5.79. The molecule has 138 valence electrons. The van der Waals surface area contributed by atoms with Gasteiger partial charge >= 0.3 is 6.09 Å². The summed E-state index contributed by atoms with van der Waals surface area (Å²) in [5.41, 5.74) is 1.29. The number of amides is 1. The van der Waals surface area contributed by atoms with Gasteiger partial charge in [0.25, 0.3) is 0 Å². The zero-order chi connectivity index (χ0) is 18.9. The van der Waals surface area contributed by atoms with Crippen LogP contribution in [0.15, 0.2) is 48.5 Å². The number of alkyl carbamates (subject to hydrolysis) is 1. The molecule has 1 aromatic heterocycles. The minimum Gasteiger partial charge on any atom is -0.445 e. The number of ketones is 1. The van der Waals surface area contributed by atoms with Gasteiger partial charge in [-0.1, -0.05) is 36.4 Å². The Bertz CT molecular complexity index is 736. The SMILES string of the molecule is CC(=O)c1cccc(C(O)C(O)CCNC(=O)OCc2ccccc2)n1. The summed E-state index contributed by atoms with van der Waals surface area (Å²) in [6.07, 6.45) is -2.89. The smallest absolute Gasteiger partial charge is 0.407 e. The van der Waals surface area contributed by atoms with Crippen molar-refractivity contribution >= 4 is 11.9 Å². The summed E-state index contributed by atoms with van der Waals surface area (Å²) in [6.45, 7) is 1.65. The number of aliphatic hydroxyl groups is 2. The Hall–Kier alpha value is -2.77. The van der Waals surface area contributed by atoms with Crippen LogP contribution < -0.4 is 5.32 Å². The number of nitrogens with one attached hydrogen (secondary N) is 1. The van der Waals surface area contributed by atoms with E-state index in [1.807, 2.05) is 30.3 Å². The Kier molecular flexibility index (Phi) is 7.25. The van der Waals surface area contributed by atoms with E-state index in [1.165, 1.54) is 19.1 Å². The van der Waals surface area contributed by atoms with Crippen LogP contribution in [0.1, 0.15) is 41.2 Å². The van der Waals surface area contributed by atoms with Gasteiger partial charge in [0.15, 0.2) is 5.78 Å². The summed E-state index contributed by atoms with van der Waals surface area (Å²) in [6, 6.07) is 13.9. The molecule has 0 saturated carbocycles. The molecule has 1 amide bonds. The van der Waals surface area contributed by atoms with Gasteiger partial charge in [-0.2, -0.15) is 0 Å². The van der Waals surface area contributed by atoms with Crippen molar-refractivity contribution in [2.24, 2.45) is 0 Å². The summed E-state index contributed by atoms with van der Waals surface area (Å²) in [5.74, 6) is -0.226. The third kappa shape index (κ3) is 5.94. The molecule has 1 heterocycles. The van der Waals surface area contributed by atoms with Crippen molar-refractivity contribution in [2.75, 3.05) is 6.54 Å². The molecule has 0 fully saturated rings. The van der Waals surface area contributed by atoms with E-state index >= 15 is 0 Å². The molecule has 0 bridgehead atoms. The fourth-order valence-corrected chi connectivity index (χ4v) is 2.26. The van der Waals surface area contributed by atoms with Crippen LogP contribution >= 0.6 is 0 Å². The molecule has 0 aliphatic heterocycles. The first kappa shape index (κ1) is 19.6. The van der Waals surface area contributed by atoms with E-state index in [2.05, 4.69) is 10.3 Å². The quantitative estimate of drug-likeness (QED) is 0.623. The fraction of sp³-hybridized carbons (Fsp3) is 0.316. The van der Waals surface area contributed by atoms with Crippen LogP contribution in [0.25, 0.3) is 0 Å². The van der Waals surface area contributed by atoms with E-state index in [0.29, 0.717) is 0 Å². The third-order valence-corrected chi connectivity index (χ3v) is 3.72. The van der Waals surface area contributed by atoms with Crippen LogP contribution in [0, 0.1) is 0 Å². The molecule has 0 spiro atoms. The van der Waals surface area contributed by atoms with Crippen molar-refractivity contribution in [2.45, 2.75) is 32.2 Å². The Morgan fingerprint density at radius 1 is 1.12 bits per heavy atom. The molecule has 1 aromatic carbocycles. The normalized spacial score (nSPS) is 12.9. The highest BCUT2D eigenvalue weighted by Gasteiger charge is 2.20. The van der Waals surface area contributed by atoms with Crippen LogP contribution in [-0.2, 0) is 11.3 Å². The molecule has 0 saturated heterocycles. The number of benzene rings is 1. The summed E-state index contributed by atoms with van der Waals surface area (Å²) < 4.78 is 5.05. The molecule has 2 unspecified atom stereocenters. The predicted molar refractivity (Wildman–Crippen MR) is 94.5 cm³/mol. The average molecular weight is 358 g/mol. The highest BCUT2D eigenvalue weighted by Crippen LogP contribution is 2.17. The van der Waals surface area contributed by atoms with Gasteiger partial charge in [-0.15, -0.1) is 0 Å². The molecule has 3 N–H and O–H groups in total. The molecule has 2 rings (SSSR count). The van der Waals surface area contributed by atoms with E-state index < -0.39 is 18.3 Å². The van der Waals surface area contributed by atoms with Gasteiger partial charge in [-0.25, -0.2) is 9.78 Å². The lowest BCUT2D eigenvalue weighted by Crippen LogP contribution is -2.30. The van der Waals surface area contributed by atoms with Gasteiger partial charge in [0.05, 0.1) is 11.8 Å². The first-order chi connectivity index (χ1) is 12.5. The van der Waals surface area contributed by atoms with Crippen LogP contribution in [-0.4, -0.2) is 39.7 Å². The van der Waals surface area contributed by atoms with Gasteiger partial charge in [-0.3, -0.25) is 4.79 Å². The molecule has 0 aliphatic carbocycles. The Balaban J connectivity index is 1.75. The highest BCUT2D eigenvalue weighted by atomic mass is 16.5.